The molecule has 4 fully saturated rings. The number of aliphatic hydroxyl groups is 6. The first-order chi connectivity index (χ1) is 17.5. The van der Waals surface area contributed by atoms with Crippen molar-refractivity contribution in [2.75, 3.05) is 13.7 Å². The third kappa shape index (κ3) is 5.66. The predicted molar refractivity (Wildman–Crippen MR) is 123 cm³/mol. The molecule has 1 saturated carbocycles. The molecule has 0 spiro atoms. The summed E-state index contributed by atoms with van der Waals surface area (Å²) in [5.41, 5.74) is 24.0. The summed E-state index contributed by atoms with van der Waals surface area (Å²) in [6, 6.07) is -4.05. The highest BCUT2D eigenvalue weighted by Gasteiger charge is 2.54. The average Bonchev–Trinajstić information content (AvgIpc) is 2.86. The molecular formula is C21H41N5O11. The second kappa shape index (κ2) is 11.8. The Balaban J connectivity index is 1.43. The fourth-order valence-electron chi connectivity index (χ4n) is 5.46. The Morgan fingerprint density at radius 3 is 2.08 bits per heavy atom. The van der Waals surface area contributed by atoms with Crippen molar-refractivity contribution in [1.29, 1.82) is 0 Å². The van der Waals surface area contributed by atoms with Crippen LogP contribution in [0, 0.1) is 0 Å². The van der Waals surface area contributed by atoms with Crippen molar-refractivity contribution < 1.29 is 54.3 Å². The predicted octanol–water partition coefficient (Wildman–Crippen LogP) is -6.95. The molecule has 4 aliphatic rings. The normalized spacial score (nSPS) is 55.1. The number of likely N-dealkylation sites (N-methyl/N-ethyl adjacent to an activating group) is 1. The highest BCUT2D eigenvalue weighted by atomic mass is 16.8. The lowest BCUT2D eigenvalue weighted by Gasteiger charge is -2.51. The molecule has 216 valence electrons. The van der Waals surface area contributed by atoms with E-state index in [0.717, 1.165) is 0 Å². The fraction of sp³-hybridized carbons (Fsp3) is 1.00. The van der Waals surface area contributed by atoms with Gasteiger partial charge in [0.1, 0.15) is 42.7 Å². The number of aliphatic hydroxyl groups excluding tert-OH is 6. The van der Waals surface area contributed by atoms with Gasteiger partial charge < -0.3 is 82.6 Å². The molecule has 0 radical (unpaired) electrons. The molecule has 0 aromatic carbocycles. The monoisotopic (exact) mass is 539 g/mol. The Kier molecular flexibility index (Phi) is 9.40. The second-order valence-electron chi connectivity index (χ2n) is 10.3. The van der Waals surface area contributed by atoms with Gasteiger partial charge in [-0.2, -0.15) is 0 Å². The minimum atomic E-state index is -1.54. The second-order valence-corrected chi connectivity index (χ2v) is 10.3. The largest absolute Gasteiger partial charge is 0.394 e. The highest BCUT2D eigenvalue weighted by molar-refractivity contribution is 5.01. The van der Waals surface area contributed by atoms with Crippen molar-refractivity contribution in [3.05, 3.63) is 0 Å². The number of hydrogen-bond acceptors (Lipinski definition) is 16. The van der Waals surface area contributed by atoms with Gasteiger partial charge in [0, 0.05) is 12.1 Å². The lowest BCUT2D eigenvalue weighted by atomic mass is 9.84. The van der Waals surface area contributed by atoms with Crippen LogP contribution in [0.2, 0.25) is 0 Å². The van der Waals surface area contributed by atoms with E-state index in [2.05, 4.69) is 5.32 Å². The third-order valence-corrected chi connectivity index (χ3v) is 7.74. The summed E-state index contributed by atoms with van der Waals surface area (Å²) in [6.07, 6.45) is -13.7. The lowest BCUT2D eigenvalue weighted by molar-refractivity contribution is -0.373. The summed E-state index contributed by atoms with van der Waals surface area (Å²) in [6.45, 7) is -0.508. The molecule has 4 rings (SSSR count). The molecule has 37 heavy (non-hydrogen) atoms. The van der Waals surface area contributed by atoms with Gasteiger partial charge in [0.25, 0.3) is 0 Å². The summed E-state index contributed by atoms with van der Waals surface area (Å²) >= 11 is 0. The zero-order valence-electron chi connectivity index (χ0n) is 20.5. The maximum absolute atomic E-state index is 11.1. The summed E-state index contributed by atoms with van der Waals surface area (Å²) in [4.78, 5) is 0. The quantitative estimate of drug-likeness (QED) is 0.149. The van der Waals surface area contributed by atoms with Crippen molar-refractivity contribution in [2.24, 2.45) is 22.9 Å². The number of rotatable bonds is 6. The summed E-state index contributed by atoms with van der Waals surface area (Å²) in [5, 5.41) is 64.7. The molecule has 17 atom stereocenters. The molecule has 1 aliphatic carbocycles. The minimum absolute atomic E-state index is 0.156. The molecular weight excluding hydrogens is 498 g/mol. The topological polar surface area (TPSA) is 284 Å². The first-order valence-electron chi connectivity index (χ1n) is 12.5. The first kappa shape index (κ1) is 29.3. The molecule has 3 saturated heterocycles. The van der Waals surface area contributed by atoms with E-state index in [-0.39, 0.29) is 12.8 Å². The van der Waals surface area contributed by atoms with Crippen LogP contribution in [0.25, 0.3) is 0 Å². The molecule has 3 heterocycles. The van der Waals surface area contributed by atoms with Crippen LogP contribution in [-0.4, -0.2) is 148 Å². The van der Waals surface area contributed by atoms with Gasteiger partial charge in [-0.3, -0.25) is 0 Å². The minimum Gasteiger partial charge on any atom is -0.394 e. The fourth-order valence-corrected chi connectivity index (χ4v) is 5.46. The van der Waals surface area contributed by atoms with Crippen LogP contribution < -0.4 is 28.3 Å². The summed E-state index contributed by atoms with van der Waals surface area (Å²) < 4.78 is 29.2. The Morgan fingerprint density at radius 2 is 1.43 bits per heavy atom. The Bertz CT molecular complexity index is 756. The standard InChI is InChI=1S/C21H41N5O11/c1-26-11-14(30)18-8(33-20(11)37-21-16(32)13(29)10(25)9(4-27)34-21)3-7(24)19(36-18)35-17-6(23)2-5(22)12(28)15(17)31/h5-21,26-32H,2-4,22-25H2,1H3/t5-,6+,7-,8-,9+,10-,11-,12-,13+,14-,15-,16-,17+,18+,19+,20-,21-/m1/s1. The van der Waals surface area contributed by atoms with Gasteiger partial charge in [-0.05, 0) is 19.9 Å². The molecule has 3 aliphatic heterocycles. The van der Waals surface area contributed by atoms with Gasteiger partial charge in [0.2, 0.25) is 0 Å². The van der Waals surface area contributed by atoms with Gasteiger partial charge in [-0.25, -0.2) is 0 Å². The number of fused-ring (bicyclic) bond motifs is 1. The van der Waals surface area contributed by atoms with Gasteiger partial charge in [-0.1, -0.05) is 0 Å². The van der Waals surface area contributed by atoms with Crippen LogP contribution in [0.4, 0.5) is 0 Å². The number of ether oxygens (including phenoxy) is 5. The van der Waals surface area contributed by atoms with E-state index >= 15 is 0 Å². The van der Waals surface area contributed by atoms with Crippen LogP contribution in [0.1, 0.15) is 12.8 Å². The molecule has 15 N–H and O–H groups in total. The molecule has 0 amide bonds. The van der Waals surface area contributed by atoms with Crippen LogP contribution in [-0.2, 0) is 23.7 Å². The highest BCUT2D eigenvalue weighted by Crippen LogP contribution is 2.35. The molecule has 0 bridgehead atoms. The van der Waals surface area contributed by atoms with Gasteiger partial charge in [-0.15, -0.1) is 0 Å². The molecule has 0 unspecified atom stereocenters. The van der Waals surface area contributed by atoms with E-state index in [9.17, 15) is 30.6 Å². The van der Waals surface area contributed by atoms with Crippen molar-refractivity contribution in [3.8, 4) is 0 Å². The maximum Gasteiger partial charge on any atom is 0.189 e. The maximum atomic E-state index is 11.1. The van der Waals surface area contributed by atoms with Crippen molar-refractivity contribution in [2.45, 2.75) is 117 Å². The van der Waals surface area contributed by atoms with E-state index in [1.54, 1.807) is 7.05 Å². The zero-order valence-corrected chi connectivity index (χ0v) is 20.5. The van der Waals surface area contributed by atoms with Gasteiger partial charge in [0.05, 0.1) is 36.9 Å². The van der Waals surface area contributed by atoms with Crippen molar-refractivity contribution in [3.63, 3.8) is 0 Å². The Hall–Kier alpha value is -0.640. The third-order valence-electron chi connectivity index (χ3n) is 7.74. The van der Waals surface area contributed by atoms with Crippen LogP contribution in [0.5, 0.6) is 0 Å². The van der Waals surface area contributed by atoms with Crippen LogP contribution >= 0.6 is 0 Å². The summed E-state index contributed by atoms with van der Waals surface area (Å²) in [7, 11) is 1.55. The van der Waals surface area contributed by atoms with E-state index in [4.69, 9.17) is 46.6 Å². The average molecular weight is 540 g/mol. The van der Waals surface area contributed by atoms with Crippen molar-refractivity contribution >= 4 is 0 Å². The van der Waals surface area contributed by atoms with Gasteiger partial charge in [0.15, 0.2) is 18.9 Å². The molecule has 16 nitrogen and oxygen atoms in total. The van der Waals surface area contributed by atoms with E-state index in [0.29, 0.717) is 0 Å². The molecule has 16 heteroatoms. The SMILES string of the molecule is CN[C@H]1[C@@H](O[C@H]2O[C@@H](CO)[C@@H](N)[C@H](O)[C@H]2O)O[C@@H]2C[C@@H](N)[C@@H](O[C@@H]3[C@H](O)[C@H](O)[C@H](N)C[C@@H]3N)O[C@@H]2[C@@H]1O. The van der Waals surface area contributed by atoms with E-state index in [1.807, 2.05) is 0 Å². The van der Waals surface area contributed by atoms with Gasteiger partial charge >= 0.3 is 0 Å². The molecule has 0 aromatic rings. The summed E-state index contributed by atoms with van der Waals surface area (Å²) in [5.74, 6) is 0. The zero-order chi connectivity index (χ0) is 27.2. The van der Waals surface area contributed by atoms with Crippen LogP contribution in [0.15, 0.2) is 0 Å². The Morgan fingerprint density at radius 1 is 0.730 bits per heavy atom. The molecule has 0 aromatic heterocycles. The number of hydrogen-bond donors (Lipinski definition) is 11. The van der Waals surface area contributed by atoms with E-state index < -0.39 is 111 Å². The van der Waals surface area contributed by atoms with Crippen LogP contribution in [0.3, 0.4) is 0 Å². The lowest BCUT2D eigenvalue weighted by Crippen LogP contribution is -2.70. The Labute approximate surface area is 213 Å². The first-order valence-corrected chi connectivity index (χ1v) is 12.5. The number of nitrogens with two attached hydrogens (primary N) is 4. The van der Waals surface area contributed by atoms with Crippen molar-refractivity contribution in [1.82, 2.24) is 5.32 Å². The van der Waals surface area contributed by atoms with E-state index in [1.165, 1.54) is 0 Å². The number of nitrogens with one attached hydrogen (secondary N) is 1. The smallest absolute Gasteiger partial charge is 0.189 e.